The van der Waals surface area contributed by atoms with Crippen LogP contribution in [0.5, 0.6) is 5.88 Å². The van der Waals surface area contributed by atoms with Crippen molar-refractivity contribution in [1.82, 2.24) is 34.8 Å². The summed E-state index contributed by atoms with van der Waals surface area (Å²) < 4.78 is 25.5. The van der Waals surface area contributed by atoms with Gasteiger partial charge < -0.3 is 9.64 Å². The van der Waals surface area contributed by atoms with Gasteiger partial charge in [-0.05, 0) is 89.9 Å². The maximum Gasteiger partial charge on any atom is 0.246 e. The highest BCUT2D eigenvalue weighted by molar-refractivity contribution is 6.05. The van der Waals surface area contributed by atoms with Gasteiger partial charge in [0.2, 0.25) is 11.8 Å². The maximum absolute atomic E-state index is 17.1. The highest BCUT2D eigenvalue weighted by atomic mass is 19.1. The van der Waals surface area contributed by atoms with Gasteiger partial charge in [-0.1, -0.05) is 23.9 Å². The Balaban J connectivity index is 1.38. The summed E-state index contributed by atoms with van der Waals surface area (Å²) in [4.78, 5) is 27.2. The number of halogens is 1. The van der Waals surface area contributed by atoms with Crippen molar-refractivity contribution in [2.75, 3.05) is 25.0 Å². The molecule has 0 saturated carbocycles. The number of pyridine rings is 2. The van der Waals surface area contributed by atoms with Gasteiger partial charge in [-0.2, -0.15) is 5.26 Å². The van der Waals surface area contributed by atoms with Crippen LogP contribution in [-0.4, -0.2) is 79.0 Å². The van der Waals surface area contributed by atoms with Crippen LogP contribution in [0.1, 0.15) is 68.3 Å². The topological polar surface area (TPSA) is 116 Å². The number of rotatable bonds is 6. The molecule has 242 valence electrons. The van der Waals surface area contributed by atoms with Crippen molar-refractivity contribution in [3.63, 3.8) is 0 Å². The summed E-state index contributed by atoms with van der Waals surface area (Å²) in [6.07, 6.45) is 12.1. The third-order valence-corrected chi connectivity index (χ3v) is 10.1. The van der Waals surface area contributed by atoms with Crippen molar-refractivity contribution in [2.45, 2.75) is 76.7 Å². The van der Waals surface area contributed by atoms with Gasteiger partial charge in [0.15, 0.2) is 17.5 Å². The molecule has 3 aliphatic heterocycles. The van der Waals surface area contributed by atoms with Gasteiger partial charge in [-0.15, -0.1) is 5.10 Å². The summed E-state index contributed by atoms with van der Waals surface area (Å²) in [6.45, 7) is 11.1. The molecule has 0 aliphatic carbocycles. The molecule has 1 aromatic carbocycles. The van der Waals surface area contributed by atoms with E-state index in [0.29, 0.717) is 52.8 Å². The fraction of sp³-hybridized carbons (Fsp3) is 0.429. The number of likely N-dealkylation sites (N-methyl/N-ethyl adjacent to an activating group) is 1. The number of hydrogen-bond donors (Lipinski definition) is 0. The fourth-order valence-electron chi connectivity index (χ4n) is 7.70. The number of carbonyl (C=O) groups is 1. The number of nitriles is 1. The van der Waals surface area contributed by atoms with Gasteiger partial charge >= 0.3 is 0 Å². The van der Waals surface area contributed by atoms with E-state index < -0.39 is 11.9 Å². The number of benzene rings is 1. The molecule has 3 aromatic heterocycles. The molecule has 12 heteroatoms. The van der Waals surface area contributed by atoms with Crippen LogP contribution in [-0.2, 0) is 4.79 Å². The van der Waals surface area contributed by atoms with Crippen LogP contribution < -0.4 is 9.64 Å². The van der Waals surface area contributed by atoms with E-state index in [1.807, 2.05) is 54.6 Å². The Morgan fingerprint density at radius 1 is 1.28 bits per heavy atom. The lowest BCUT2D eigenvalue weighted by atomic mass is 9.93. The number of ether oxygens (including phenoxy) is 1. The second-order valence-corrected chi connectivity index (χ2v) is 12.9. The summed E-state index contributed by atoms with van der Waals surface area (Å²) in [5, 5.41) is 20.0. The van der Waals surface area contributed by atoms with Crippen molar-refractivity contribution in [3.05, 3.63) is 65.6 Å². The Morgan fingerprint density at radius 2 is 2.11 bits per heavy atom. The Kier molecular flexibility index (Phi) is 7.88. The van der Waals surface area contributed by atoms with E-state index in [2.05, 4.69) is 40.0 Å². The van der Waals surface area contributed by atoms with Gasteiger partial charge in [0, 0.05) is 41.3 Å². The van der Waals surface area contributed by atoms with Crippen LogP contribution >= 0.6 is 0 Å². The SMILES string of the molecule is C=CC(=O)N1CC[C@H](n2nnc3c(O[C@@H](C)[C@@H]4CCCN4C)nc4c(F)c(C5C=Cc6cccnc6N5C#N)c(C)cc4c32)C[C@H]1C. The molecular weight excluding hydrogens is 597 g/mol. The largest absolute Gasteiger partial charge is 0.471 e. The monoisotopic (exact) mass is 635 g/mol. The maximum atomic E-state index is 17.1. The van der Waals surface area contributed by atoms with E-state index in [4.69, 9.17) is 9.72 Å². The second kappa shape index (κ2) is 12.0. The van der Waals surface area contributed by atoms with Crippen molar-refractivity contribution in [2.24, 2.45) is 0 Å². The Hall–Kier alpha value is -4.89. The number of anilines is 1. The normalized spacial score (nSPS) is 23.6. The molecule has 1 unspecified atom stereocenters. The number of amides is 1. The number of aryl methyl sites for hydroxylation is 1. The van der Waals surface area contributed by atoms with Crippen LogP contribution in [0.2, 0.25) is 0 Å². The smallest absolute Gasteiger partial charge is 0.246 e. The first-order chi connectivity index (χ1) is 22.7. The molecule has 2 fully saturated rings. The van der Waals surface area contributed by atoms with E-state index in [1.165, 1.54) is 11.0 Å². The zero-order chi connectivity index (χ0) is 33.0. The molecule has 0 radical (unpaired) electrons. The predicted octanol–water partition coefficient (Wildman–Crippen LogP) is 5.48. The van der Waals surface area contributed by atoms with E-state index >= 15 is 4.39 Å². The Bertz CT molecular complexity index is 1970. The van der Waals surface area contributed by atoms with Crippen LogP contribution in [0.3, 0.4) is 0 Å². The molecule has 47 heavy (non-hydrogen) atoms. The second-order valence-electron chi connectivity index (χ2n) is 12.9. The molecule has 0 N–H and O–H groups in total. The Labute approximate surface area is 272 Å². The number of nitrogens with zero attached hydrogens (tertiary/aromatic N) is 9. The molecule has 11 nitrogen and oxygen atoms in total. The summed E-state index contributed by atoms with van der Waals surface area (Å²) in [7, 11) is 2.09. The van der Waals surface area contributed by atoms with Gasteiger partial charge in [0.05, 0.1) is 12.1 Å². The minimum atomic E-state index is -0.713. The number of carbonyl (C=O) groups excluding carboxylic acids is 1. The zero-order valence-electron chi connectivity index (χ0n) is 27.1. The van der Waals surface area contributed by atoms with E-state index in [1.54, 1.807) is 12.3 Å². The van der Waals surface area contributed by atoms with Crippen LogP contribution in [0.4, 0.5) is 10.2 Å². The van der Waals surface area contributed by atoms with E-state index in [0.717, 1.165) is 24.9 Å². The average molecular weight is 636 g/mol. The highest BCUT2D eigenvalue weighted by Gasteiger charge is 2.35. The van der Waals surface area contributed by atoms with Crippen LogP contribution in [0.25, 0.3) is 28.0 Å². The van der Waals surface area contributed by atoms with Gasteiger partial charge in [0.25, 0.3) is 0 Å². The first-order valence-electron chi connectivity index (χ1n) is 16.2. The first-order valence-corrected chi connectivity index (χ1v) is 16.2. The fourth-order valence-corrected chi connectivity index (χ4v) is 7.70. The summed E-state index contributed by atoms with van der Waals surface area (Å²) >= 11 is 0. The third-order valence-electron chi connectivity index (χ3n) is 10.1. The van der Waals surface area contributed by atoms with E-state index in [-0.39, 0.29) is 41.5 Å². The van der Waals surface area contributed by atoms with Crippen LogP contribution in [0.15, 0.2) is 43.1 Å². The summed E-state index contributed by atoms with van der Waals surface area (Å²) in [6, 6.07) is 4.95. The lowest BCUT2D eigenvalue weighted by Gasteiger charge is -2.37. The molecule has 2 saturated heterocycles. The van der Waals surface area contributed by atoms with Gasteiger partial charge in [0.1, 0.15) is 23.0 Å². The number of aromatic nitrogens is 5. The average Bonchev–Trinajstić information content (AvgIpc) is 3.72. The van der Waals surface area contributed by atoms with Crippen LogP contribution in [0, 0.1) is 24.2 Å². The number of likely N-dealkylation sites (tertiary alicyclic amines) is 2. The molecule has 4 aromatic rings. The molecule has 0 spiro atoms. The molecule has 7 rings (SSSR count). The minimum absolute atomic E-state index is 0.0446. The Morgan fingerprint density at radius 3 is 2.83 bits per heavy atom. The molecule has 6 heterocycles. The van der Waals surface area contributed by atoms with Crippen molar-refractivity contribution in [3.8, 4) is 12.1 Å². The number of fused-ring (bicyclic) bond motifs is 4. The quantitative estimate of drug-likeness (QED) is 0.201. The number of piperidine rings is 1. The highest BCUT2D eigenvalue weighted by Crippen LogP contribution is 2.42. The minimum Gasteiger partial charge on any atom is -0.471 e. The van der Waals surface area contributed by atoms with Gasteiger partial charge in [-0.3, -0.25) is 14.6 Å². The molecular formula is C35H38FN9O2. The third kappa shape index (κ3) is 5.09. The molecule has 3 aliphatic rings. The standard InChI is InChI=1S/C35H38FN9O2/c1-6-28(46)43-16-13-24(18-21(43)3)45-33-25-17-20(2)29(27-12-11-23-9-7-14-38-34(23)44(27)19-37)30(36)31(25)39-35(32(33)40-41-45)47-22(4)26-10-8-15-42(26)5/h6-7,9,11-12,14,17,21-22,24,26-27H,1,8,10,13,15-16,18H2,2-5H3/t21-,22+,24+,26+,27?/m1/s1. The number of hydrogen-bond acceptors (Lipinski definition) is 9. The first kappa shape index (κ1) is 30.7. The summed E-state index contributed by atoms with van der Waals surface area (Å²) in [5.74, 6) is 0.0814. The lowest BCUT2D eigenvalue weighted by molar-refractivity contribution is -0.129. The predicted molar refractivity (Wildman–Crippen MR) is 177 cm³/mol. The van der Waals surface area contributed by atoms with Gasteiger partial charge in [-0.25, -0.2) is 19.0 Å². The molecule has 1 amide bonds. The molecule has 0 bridgehead atoms. The zero-order valence-corrected chi connectivity index (χ0v) is 27.1. The summed E-state index contributed by atoms with van der Waals surface area (Å²) in [5.41, 5.74) is 3.05. The van der Waals surface area contributed by atoms with E-state index in [9.17, 15) is 10.1 Å². The van der Waals surface area contributed by atoms with Crippen molar-refractivity contribution >= 4 is 39.7 Å². The van der Waals surface area contributed by atoms with Crippen molar-refractivity contribution in [1.29, 1.82) is 5.26 Å². The van der Waals surface area contributed by atoms with Crippen molar-refractivity contribution < 1.29 is 13.9 Å². The molecule has 5 atom stereocenters. The lowest BCUT2D eigenvalue weighted by Crippen LogP contribution is -2.44.